The van der Waals surface area contributed by atoms with Gasteiger partial charge in [0.1, 0.15) is 5.75 Å². The standard InChI is InChI=1S/C23H29N5O/c1-4-25-23(27(2)16-20-9-11-22(29-3)12-10-20)26-15-19-5-7-21(8-6-19)17-28-14-13-24-18-28/h5-14,18H,4,15-17H2,1-3H3,(H,25,26). The van der Waals surface area contributed by atoms with Gasteiger partial charge in [-0.2, -0.15) is 0 Å². The van der Waals surface area contributed by atoms with Gasteiger partial charge >= 0.3 is 0 Å². The van der Waals surface area contributed by atoms with Crippen molar-refractivity contribution in [3.05, 3.63) is 83.9 Å². The number of ether oxygens (including phenoxy) is 1. The zero-order chi connectivity index (χ0) is 20.5. The summed E-state index contributed by atoms with van der Waals surface area (Å²) in [6, 6.07) is 16.7. The monoisotopic (exact) mass is 391 g/mol. The van der Waals surface area contributed by atoms with Crippen LogP contribution in [0.1, 0.15) is 23.6 Å². The molecule has 0 amide bonds. The summed E-state index contributed by atoms with van der Waals surface area (Å²) in [5.41, 5.74) is 3.65. The van der Waals surface area contributed by atoms with Crippen LogP contribution in [-0.2, 0) is 19.6 Å². The van der Waals surface area contributed by atoms with Gasteiger partial charge in [0.05, 0.1) is 20.0 Å². The molecule has 6 nitrogen and oxygen atoms in total. The molecule has 1 N–H and O–H groups in total. The molecule has 29 heavy (non-hydrogen) atoms. The molecule has 0 aliphatic rings. The van der Waals surface area contributed by atoms with Gasteiger partial charge in [0, 0.05) is 39.1 Å². The second kappa shape index (κ2) is 10.3. The van der Waals surface area contributed by atoms with E-state index in [2.05, 4.69) is 70.1 Å². The third kappa shape index (κ3) is 6.10. The van der Waals surface area contributed by atoms with Crippen molar-refractivity contribution in [1.82, 2.24) is 19.8 Å². The van der Waals surface area contributed by atoms with E-state index in [1.165, 1.54) is 16.7 Å². The Morgan fingerprint density at radius 1 is 1.07 bits per heavy atom. The zero-order valence-electron chi connectivity index (χ0n) is 17.4. The first-order chi connectivity index (χ1) is 14.2. The molecule has 3 rings (SSSR count). The molecule has 3 aromatic rings. The van der Waals surface area contributed by atoms with Crippen LogP contribution in [0.3, 0.4) is 0 Å². The summed E-state index contributed by atoms with van der Waals surface area (Å²) in [6.07, 6.45) is 5.60. The third-order valence-corrected chi connectivity index (χ3v) is 4.63. The van der Waals surface area contributed by atoms with Crippen molar-refractivity contribution < 1.29 is 4.74 Å². The van der Waals surface area contributed by atoms with Gasteiger partial charge < -0.3 is 19.5 Å². The van der Waals surface area contributed by atoms with Crippen molar-refractivity contribution in [2.24, 2.45) is 4.99 Å². The van der Waals surface area contributed by atoms with Crippen LogP contribution < -0.4 is 10.1 Å². The molecular weight excluding hydrogens is 362 g/mol. The number of nitrogens with one attached hydrogen (secondary N) is 1. The number of nitrogens with zero attached hydrogens (tertiary/aromatic N) is 4. The van der Waals surface area contributed by atoms with E-state index < -0.39 is 0 Å². The van der Waals surface area contributed by atoms with Crippen molar-refractivity contribution in [3.63, 3.8) is 0 Å². The molecule has 2 aromatic carbocycles. The summed E-state index contributed by atoms with van der Waals surface area (Å²) < 4.78 is 7.29. The lowest BCUT2D eigenvalue weighted by molar-refractivity contribution is 0.414. The number of hydrogen-bond donors (Lipinski definition) is 1. The normalized spacial score (nSPS) is 11.3. The number of benzene rings is 2. The minimum absolute atomic E-state index is 0.640. The largest absolute Gasteiger partial charge is 0.497 e. The molecule has 0 bridgehead atoms. The van der Waals surface area contributed by atoms with Crippen molar-refractivity contribution in [3.8, 4) is 5.75 Å². The first kappa shape index (κ1) is 20.5. The highest BCUT2D eigenvalue weighted by Crippen LogP contribution is 2.13. The van der Waals surface area contributed by atoms with Gasteiger partial charge in [0.2, 0.25) is 0 Å². The maximum atomic E-state index is 5.23. The molecule has 152 valence electrons. The number of imidazole rings is 1. The van der Waals surface area contributed by atoms with Crippen LogP contribution in [0, 0.1) is 0 Å². The molecule has 0 fully saturated rings. The maximum absolute atomic E-state index is 5.23. The lowest BCUT2D eigenvalue weighted by Crippen LogP contribution is -2.38. The minimum atomic E-state index is 0.640. The van der Waals surface area contributed by atoms with Crippen molar-refractivity contribution in [2.45, 2.75) is 26.6 Å². The highest BCUT2D eigenvalue weighted by atomic mass is 16.5. The van der Waals surface area contributed by atoms with E-state index in [1.807, 2.05) is 24.7 Å². The van der Waals surface area contributed by atoms with Crippen molar-refractivity contribution in [2.75, 3.05) is 20.7 Å². The molecule has 1 heterocycles. The van der Waals surface area contributed by atoms with Gasteiger partial charge in [0.25, 0.3) is 0 Å². The Hall–Kier alpha value is -3.28. The SMILES string of the molecule is CCNC(=NCc1ccc(Cn2ccnc2)cc1)N(C)Cc1ccc(OC)cc1. The number of rotatable bonds is 8. The smallest absolute Gasteiger partial charge is 0.194 e. The predicted molar refractivity (Wildman–Crippen MR) is 117 cm³/mol. The van der Waals surface area contributed by atoms with E-state index in [-0.39, 0.29) is 0 Å². The third-order valence-electron chi connectivity index (χ3n) is 4.63. The summed E-state index contributed by atoms with van der Waals surface area (Å²) in [5.74, 6) is 1.76. The molecule has 0 aliphatic heterocycles. The predicted octanol–water partition coefficient (Wildman–Crippen LogP) is 3.54. The van der Waals surface area contributed by atoms with Gasteiger partial charge in [0.15, 0.2) is 5.96 Å². The Labute approximate surface area is 172 Å². The van der Waals surface area contributed by atoms with E-state index in [4.69, 9.17) is 9.73 Å². The molecule has 0 saturated carbocycles. The molecule has 0 radical (unpaired) electrons. The van der Waals surface area contributed by atoms with E-state index in [9.17, 15) is 0 Å². The Morgan fingerprint density at radius 3 is 2.38 bits per heavy atom. The van der Waals surface area contributed by atoms with Crippen LogP contribution in [0.4, 0.5) is 0 Å². The Balaban J connectivity index is 1.61. The average molecular weight is 392 g/mol. The second-order valence-electron chi connectivity index (χ2n) is 6.93. The van der Waals surface area contributed by atoms with Crippen molar-refractivity contribution in [1.29, 1.82) is 0 Å². The van der Waals surface area contributed by atoms with E-state index in [0.717, 1.165) is 31.3 Å². The Morgan fingerprint density at radius 2 is 1.76 bits per heavy atom. The summed E-state index contributed by atoms with van der Waals surface area (Å²) >= 11 is 0. The van der Waals surface area contributed by atoms with Crippen LogP contribution in [-0.4, -0.2) is 41.1 Å². The molecule has 6 heteroatoms. The van der Waals surface area contributed by atoms with Crippen LogP contribution in [0.15, 0.2) is 72.2 Å². The van der Waals surface area contributed by atoms with E-state index in [1.54, 1.807) is 13.3 Å². The second-order valence-corrected chi connectivity index (χ2v) is 6.93. The molecule has 0 spiro atoms. The Kier molecular flexibility index (Phi) is 7.28. The quantitative estimate of drug-likeness (QED) is 0.471. The molecular formula is C23H29N5O. The minimum Gasteiger partial charge on any atom is -0.497 e. The number of hydrogen-bond acceptors (Lipinski definition) is 3. The lowest BCUT2D eigenvalue weighted by atomic mass is 10.1. The van der Waals surface area contributed by atoms with Gasteiger partial charge in [-0.3, -0.25) is 0 Å². The van der Waals surface area contributed by atoms with Gasteiger partial charge in [-0.1, -0.05) is 36.4 Å². The van der Waals surface area contributed by atoms with Crippen LogP contribution in [0.2, 0.25) is 0 Å². The highest BCUT2D eigenvalue weighted by molar-refractivity contribution is 5.79. The van der Waals surface area contributed by atoms with Gasteiger partial charge in [-0.15, -0.1) is 0 Å². The molecule has 1 aromatic heterocycles. The molecule has 0 saturated heterocycles. The van der Waals surface area contributed by atoms with Gasteiger partial charge in [-0.05, 0) is 35.7 Å². The number of guanidine groups is 1. The Bertz CT molecular complexity index is 886. The zero-order valence-corrected chi connectivity index (χ0v) is 17.4. The topological polar surface area (TPSA) is 54.7 Å². The fourth-order valence-electron chi connectivity index (χ4n) is 3.06. The van der Waals surface area contributed by atoms with Crippen LogP contribution >= 0.6 is 0 Å². The summed E-state index contributed by atoms with van der Waals surface area (Å²) in [4.78, 5) is 11.0. The first-order valence-electron chi connectivity index (χ1n) is 9.84. The average Bonchev–Trinajstić information content (AvgIpc) is 3.25. The number of aliphatic imine (C=N–C) groups is 1. The number of aromatic nitrogens is 2. The maximum Gasteiger partial charge on any atom is 0.194 e. The fraction of sp³-hybridized carbons (Fsp3) is 0.304. The highest BCUT2D eigenvalue weighted by Gasteiger charge is 2.07. The van der Waals surface area contributed by atoms with Crippen LogP contribution in [0.25, 0.3) is 0 Å². The number of methoxy groups -OCH3 is 1. The van der Waals surface area contributed by atoms with Crippen molar-refractivity contribution >= 4 is 5.96 Å². The van der Waals surface area contributed by atoms with E-state index in [0.29, 0.717) is 6.54 Å². The summed E-state index contributed by atoms with van der Waals surface area (Å²) in [7, 11) is 3.74. The first-order valence-corrected chi connectivity index (χ1v) is 9.84. The van der Waals surface area contributed by atoms with Crippen LogP contribution in [0.5, 0.6) is 5.75 Å². The van der Waals surface area contributed by atoms with E-state index >= 15 is 0 Å². The lowest BCUT2D eigenvalue weighted by Gasteiger charge is -2.22. The molecule has 0 atom stereocenters. The molecule has 0 aliphatic carbocycles. The summed E-state index contributed by atoms with van der Waals surface area (Å²) in [5, 5.41) is 3.38. The summed E-state index contributed by atoms with van der Waals surface area (Å²) in [6.45, 7) is 5.16. The molecule has 0 unspecified atom stereocenters. The fourth-order valence-corrected chi connectivity index (χ4v) is 3.06. The van der Waals surface area contributed by atoms with Gasteiger partial charge in [-0.25, -0.2) is 9.98 Å².